The van der Waals surface area contributed by atoms with Crippen LogP contribution in [-0.4, -0.2) is 18.7 Å². The fourth-order valence-electron chi connectivity index (χ4n) is 2.75. The minimum absolute atomic E-state index is 0.371. The highest BCUT2D eigenvalue weighted by Gasteiger charge is 2.25. The van der Waals surface area contributed by atoms with Crippen molar-refractivity contribution >= 4 is 0 Å². The lowest BCUT2D eigenvalue weighted by Gasteiger charge is -2.21. The van der Waals surface area contributed by atoms with Crippen LogP contribution >= 0.6 is 0 Å². The van der Waals surface area contributed by atoms with E-state index in [4.69, 9.17) is 4.74 Å². The number of hydrogen-bond acceptors (Lipinski definition) is 2. The number of aryl methyl sites for hydroxylation is 1. The first-order valence-corrected chi connectivity index (χ1v) is 7.58. The Morgan fingerprint density at radius 1 is 1.37 bits per heavy atom. The zero-order chi connectivity index (χ0) is 13.8. The molecule has 106 valence electrons. The fourth-order valence-corrected chi connectivity index (χ4v) is 2.75. The summed E-state index contributed by atoms with van der Waals surface area (Å²) in [5.41, 5.74) is 2.72. The van der Waals surface area contributed by atoms with Gasteiger partial charge in [0.25, 0.3) is 0 Å². The molecule has 1 aromatic rings. The highest BCUT2D eigenvalue weighted by atomic mass is 16.5. The van der Waals surface area contributed by atoms with Crippen LogP contribution in [-0.2, 0) is 6.42 Å². The monoisotopic (exact) mass is 261 g/mol. The highest BCUT2D eigenvalue weighted by Crippen LogP contribution is 2.32. The van der Waals surface area contributed by atoms with E-state index in [1.807, 2.05) is 0 Å². The van der Waals surface area contributed by atoms with Gasteiger partial charge in [0.1, 0.15) is 11.9 Å². The molecule has 0 aromatic heterocycles. The predicted molar refractivity (Wildman–Crippen MR) is 80.8 cm³/mol. The molecule has 1 heterocycles. The molecular weight excluding hydrogens is 234 g/mol. The second-order valence-electron chi connectivity index (χ2n) is 6.13. The minimum Gasteiger partial charge on any atom is -0.490 e. The van der Waals surface area contributed by atoms with E-state index in [9.17, 15) is 0 Å². The van der Waals surface area contributed by atoms with Crippen molar-refractivity contribution in [1.29, 1.82) is 0 Å². The van der Waals surface area contributed by atoms with Gasteiger partial charge in [0, 0.05) is 12.5 Å². The van der Waals surface area contributed by atoms with Gasteiger partial charge in [-0.15, -0.1) is 0 Å². The molecule has 2 unspecified atom stereocenters. The summed E-state index contributed by atoms with van der Waals surface area (Å²) in [6.45, 7) is 9.94. The van der Waals surface area contributed by atoms with Gasteiger partial charge in [-0.3, -0.25) is 0 Å². The highest BCUT2D eigenvalue weighted by molar-refractivity contribution is 5.40. The molecular formula is C17H27NO. The summed E-state index contributed by atoms with van der Waals surface area (Å²) in [6, 6.07) is 7.10. The fraction of sp³-hybridized carbons (Fsp3) is 0.647. The van der Waals surface area contributed by atoms with Crippen LogP contribution in [0.15, 0.2) is 18.2 Å². The maximum atomic E-state index is 6.07. The first-order chi connectivity index (χ1) is 9.08. The van der Waals surface area contributed by atoms with E-state index in [2.05, 4.69) is 51.2 Å². The predicted octanol–water partition coefficient (Wildman–Crippen LogP) is 3.71. The molecule has 2 atom stereocenters. The Bertz CT molecular complexity index is 414. The van der Waals surface area contributed by atoms with Gasteiger partial charge in [-0.2, -0.15) is 0 Å². The van der Waals surface area contributed by atoms with Crippen LogP contribution in [0.3, 0.4) is 0 Å². The van der Waals surface area contributed by atoms with Gasteiger partial charge < -0.3 is 10.1 Å². The van der Waals surface area contributed by atoms with Crippen molar-refractivity contribution in [2.45, 2.75) is 59.1 Å². The van der Waals surface area contributed by atoms with Crippen LogP contribution < -0.4 is 10.1 Å². The van der Waals surface area contributed by atoms with Crippen molar-refractivity contribution in [1.82, 2.24) is 5.32 Å². The minimum atomic E-state index is 0.371. The summed E-state index contributed by atoms with van der Waals surface area (Å²) in [5.74, 6) is 1.81. The second kappa shape index (κ2) is 6.42. The molecule has 1 aliphatic rings. The van der Waals surface area contributed by atoms with Gasteiger partial charge in [-0.05, 0) is 37.4 Å². The molecule has 0 bridgehead atoms. The Hall–Kier alpha value is -1.02. The Kier molecular flexibility index (Phi) is 4.87. The third-order valence-corrected chi connectivity index (χ3v) is 3.95. The van der Waals surface area contributed by atoms with E-state index in [0.717, 1.165) is 25.1 Å². The maximum absolute atomic E-state index is 6.07. The third kappa shape index (κ3) is 3.97. The normalized spacial score (nSPS) is 19.3. The summed E-state index contributed by atoms with van der Waals surface area (Å²) in [5, 5.41) is 3.55. The average Bonchev–Trinajstić information content (AvgIpc) is 2.75. The summed E-state index contributed by atoms with van der Waals surface area (Å²) in [7, 11) is 0. The molecule has 0 amide bonds. The number of hydrogen-bond donors (Lipinski definition) is 1. The first-order valence-electron chi connectivity index (χ1n) is 7.58. The molecule has 0 saturated carbocycles. The van der Waals surface area contributed by atoms with Crippen molar-refractivity contribution in [2.75, 3.05) is 6.54 Å². The molecule has 1 N–H and O–H groups in total. The molecule has 1 aromatic carbocycles. The molecule has 19 heavy (non-hydrogen) atoms. The molecule has 0 saturated heterocycles. The number of fused-ring (bicyclic) bond motifs is 1. The topological polar surface area (TPSA) is 21.3 Å². The first kappa shape index (κ1) is 14.4. The summed E-state index contributed by atoms with van der Waals surface area (Å²) < 4.78 is 6.07. The zero-order valence-corrected chi connectivity index (χ0v) is 12.7. The van der Waals surface area contributed by atoms with Gasteiger partial charge >= 0.3 is 0 Å². The molecule has 0 aliphatic carbocycles. The van der Waals surface area contributed by atoms with E-state index in [0.29, 0.717) is 18.1 Å². The van der Waals surface area contributed by atoms with Crippen LogP contribution in [0.2, 0.25) is 0 Å². The molecule has 1 aliphatic heterocycles. The van der Waals surface area contributed by atoms with Gasteiger partial charge in [0.2, 0.25) is 0 Å². The van der Waals surface area contributed by atoms with E-state index in [-0.39, 0.29) is 0 Å². The van der Waals surface area contributed by atoms with Gasteiger partial charge in [-0.1, -0.05) is 44.9 Å². The molecule has 0 spiro atoms. The van der Waals surface area contributed by atoms with Crippen LogP contribution in [0.5, 0.6) is 5.75 Å². The van der Waals surface area contributed by atoms with E-state index in [1.54, 1.807) is 0 Å². The number of rotatable bonds is 6. The zero-order valence-electron chi connectivity index (χ0n) is 12.7. The molecule has 0 radical (unpaired) electrons. The van der Waals surface area contributed by atoms with E-state index < -0.39 is 0 Å². The van der Waals surface area contributed by atoms with Crippen molar-refractivity contribution in [3.05, 3.63) is 29.3 Å². The van der Waals surface area contributed by atoms with Crippen molar-refractivity contribution < 1.29 is 4.74 Å². The second-order valence-corrected chi connectivity index (χ2v) is 6.13. The molecule has 2 rings (SSSR count). The lowest BCUT2D eigenvalue weighted by atomic mass is 9.95. The summed E-state index contributed by atoms with van der Waals surface area (Å²) in [6.07, 6.45) is 3.82. The van der Waals surface area contributed by atoms with Crippen molar-refractivity contribution in [3.8, 4) is 5.75 Å². The number of nitrogens with one attached hydrogen (secondary N) is 1. The molecule has 2 heteroatoms. The smallest absolute Gasteiger partial charge is 0.123 e. The average molecular weight is 261 g/mol. The maximum Gasteiger partial charge on any atom is 0.123 e. The molecule has 0 fully saturated rings. The Morgan fingerprint density at radius 2 is 2.16 bits per heavy atom. The van der Waals surface area contributed by atoms with Crippen molar-refractivity contribution in [3.63, 3.8) is 0 Å². The Balaban J connectivity index is 1.88. The van der Waals surface area contributed by atoms with E-state index >= 15 is 0 Å². The lowest BCUT2D eigenvalue weighted by molar-refractivity contribution is 0.189. The number of ether oxygens (including phenoxy) is 1. The van der Waals surface area contributed by atoms with Crippen LogP contribution in [0.25, 0.3) is 0 Å². The summed E-state index contributed by atoms with van der Waals surface area (Å²) in [4.78, 5) is 0. The summed E-state index contributed by atoms with van der Waals surface area (Å²) >= 11 is 0. The van der Waals surface area contributed by atoms with E-state index in [1.165, 1.54) is 17.5 Å². The third-order valence-electron chi connectivity index (χ3n) is 3.95. The van der Waals surface area contributed by atoms with Crippen molar-refractivity contribution in [2.24, 2.45) is 5.92 Å². The lowest BCUT2D eigenvalue weighted by Crippen LogP contribution is -2.31. The van der Waals surface area contributed by atoms with Crippen LogP contribution in [0.1, 0.15) is 44.7 Å². The number of benzene rings is 1. The quantitative estimate of drug-likeness (QED) is 0.843. The van der Waals surface area contributed by atoms with Gasteiger partial charge in [0.15, 0.2) is 0 Å². The Labute approximate surface area is 117 Å². The van der Waals surface area contributed by atoms with Gasteiger partial charge in [-0.25, -0.2) is 0 Å². The van der Waals surface area contributed by atoms with Gasteiger partial charge in [0.05, 0.1) is 0 Å². The Morgan fingerprint density at radius 3 is 2.84 bits per heavy atom. The largest absolute Gasteiger partial charge is 0.490 e. The van der Waals surface area contributed by atoms with Crippen LogP contribution in [0.4, 0.5) is 0 Å². The molecule has 2 nitrogen and oxygen atoms in total. The standard InChI is InChI=1S/C17H27NO/c1-5-14(11-18-12(2)3)9-16-10-15-8-13(4)6-7-17(15)19-16/h6-8,12,14,16,18H,5,9-11H2,1-4H3. The van der Waals surface area contributed by atoms with Crippen LogP contribution in [0, 0.1) is 12.8 Å². The SMILES string of the molecule is CCC(CNC(C)C)CC1Cc2cc(C)ccc2O1.